The van der Waals surface area contributed by atoms with Gasteiger partial charge in [-0.3, -0.25) is 14.5 Å². The summed E-state index contributed by atoms with van der Waals surface area (Å²) in [6.45, 7) is 7.73. The molecule has 0 spiro atoms. The Kier molecular flexibility index (Phi) is 8.44. The van der Waals surface area contributed by atoms with Gasteiger partial charge >= 0.3 is 0 Å². The first-order valence-electron chi connectivity index (χ1n) is 14.1. The van der Waals surface area contributed by atoms with Crippen molar-refractivity contribution < 1.29 is 14.3 Å². The number of nitrogens with zero attached hydrogens (tertiary/aromatic N) is 2. The Morgan fingerprint density at radius 3 is 2.42 bits per heavy atom. The van der Waals surface area contributed by atoms with E-state index in [0.717, 1.165) is 77.3 Å². The zero-order valence-electron chi connectivity index (χ0n) is 21.6. The van der Waals surface area contributed by atoms with Crippen LogP contribution in [0.2, 0.25) is 0 Å². The van der Waals surface area contributed by atoms with Crippen molar-refractivity contribution >= 4 is 17.5 Å². The molecule has 5 rings (SSSR count). The van der Waals surface area contributed by atoms with Gasteiger partial charge in [-0.15, -0.1) is 0 Å². The molecule has 1 aliphatic carbocycles. The lowest BCUT2D eigenvalue weighted by atomic mass is 9.93. The Bertz CT molecular complexity index is 872. The average Bonchev–Trinajstić information content (AvgIpc) is 3.33. The second-order valence-corrected chi connectivity index (χ2v) is 11.0. The Labute approximate surface area is 215 Å². The molecule has 3 N–H and O–H groups in total. The molecule has 8 heteroatoms. The van der Waals surface area contributed by atoms with E-state index in [9.17, 15) is 9.59 Å². The normalized spacial score (nSPS) is 25.8. The van der Waals surface area contributed by atoms with Crippen LogP contribution in [0.15, 0.2) is 24.3 Å². The number of ether oxygens (including phenoxy) is 1. The summed E-state index contributed by atoms with van der Waals surface area (Å²) in [7, 11) is 0. The second-order valence-electron chi connectivity index (χ2n) is 11.0. The van der Waals surface area contributed by atoms with Crippen molar-refractivity contribution in [2.75, 3.05) is 57.4 Å². The topological polar surface area (TPSA) is 85.9 Å². The number of nitrogens with one attached hydrogen (secondary N) is 3. The van der Waals surface area contributed by atoms with Crippen LogP contribution >= 0.6 is 0 Å². The van der Waals surface area contributed by atoms with E-state index in [4.69, 9.17) is 4.74 Å². The molecule has 0 aromatic heterocycles. The molecule has 3 saturated heterocycles. The van der Waals surface area contributed by atoms with Crippen LogP contribution in [0, 0.1) is 0 Å². The number of rotatable bonds is 7. The Hall–Kier alpha value is -2.16. The molecule has 1 saturated carbocycles. The number of carbonyl (C=O) groups excluding carboxylic acids is 2. The lowest BCUT2D eigenvalue weighted by Crippen LogP contribution is -2.58. The summed E-state index contributed by atoms with van der Waals surface area (Å²) in [5.74, 6) is -0.245. The Morgan fingerprint density at radius 1 is 0.972 bits per heavy atom. The van der Waals surface area contributed by atoms with Crippen LogP contribution in [0.5, 0.6) is 0 Å². The van der Waals surface area contributed by atoms with Gasteiger partial charge < -0.3 is 25.6 Å². The van der Waals surface area contributed by atoms with E-state index >= 15 is 0 Å². The molecule has 8 nitrogen and oxygen atoms in total. The van der Waals surface area contributed by atoms with Crippen LogP contribution in [0.25, 0.3) is 0 Å². The van der Waals surface area contributed by atoms with E-state index < -0.39 is 6.04 Å². The summed E-state index contributed by atoms with van der Waals surface area (Å²) in [6.07, 6.45) is 10.2. The van der Waals surface area contributed by atoms with Crippen molar-refractivity contribution in [1.82, 2.24) is 20.9 Å². The molecule has 0 bridgehead atoms. The number of benzene rings is 1. The van der Waals surface area contributed by atoms with Crippen molar-refractivity contribution in [3.05, 3.63) is 29.8 Å². The van der Waals surface area contributed by atoms with Crippen LogP contribution in [0.4, 0.5) is 5.69 Å². The maximum atomic E-state index is 12.7. The molecule has 4 fully saturated rings. The van der Waals surface area contributed by atoms with Crippen LogP contribution in [-0.4, -0.2) is 86.8 Å². The van der Waals surface area contributed by atoms with Crippen molar-refractivity contribution in [3.63, 3.8) is 0 Å². The van der Waals surface area contributed by atoms with E-state index in [1.54, 1.807) is 0 Å². The molecule has 1 aromatic carbocycles. The number of hydrogen-bond donors (Lipinski definition) is 3. The first-order valence-corrected chi connectivity index (χ1v) is 14.1. The molecule has 198 valence electrons. The Balaban J connectivity index is 1.09. The fourth-order valence-electron chi connectivity index (χ4n) is 6.49. The maximum absolute atomic E-state index is 12.7. The highest BCUT2D eigenvalue weighted by atomic mass is 16.5. The molecule has 3 heterocycles. The smallest absolute Gasteiger partial charge is 0.251 e. The summed E-state index contributed by atoms with van der Waals surface area (Å²) < 4.78 is 5.61. The fourth-order valence-corrected chi connectivity index (χ4v) is 6.49. The largest absolute Gasteiger partial charge is 0.379 e. The summed E-state index contributed by atoms with van der Waals surface area (Å²) in [6, 6.07) is 7.99. The first kappa shape index (κ1) is 25.5. The minimum Gasteiger partial charge on any atom is -0.379 e. The van der Waals surface area contributed by atoms with Crippen molar-refractivity contribution in [2.45, 2.75) is 75.4 Å². The predicted octanol–water partition coefficient (Wildman–Crippen LogP) is 2.29. The summed E-state index contributed by atoms with van der Waals surface area (Å²) >= 11 is 0. The van der Waals surface area contributed by atoms with Gasteiger partial charge in [0.05, 0.1) is 13.2 Å². The number of carbonyl (C=O) groups is 2. The molecular weight excluding hydrogens is 454 g/mol. The van der Waals surface area contributed by atoms with Crippen molar-refractivity contribution in [1.29, 1.82) is 0 Å². The SMILES string of the molecule is O=C(N[C@H]1CCCCNC1=O)c1ccc(N2CCC(NCC3(N4CCOCC4)CCCC3)CC2)cc1. The van der Waals surface area contributed by atoms with Gasteiger partial charge in [0.1, 0.15) is 6.04 Å². The van der Waals surface area contributed by atoms with Gasteiger partial charge in [0.25, 0.3) is 5.91 Å². The van der Waals surface area contributed by atoms with Crippen molar-refractivity contribution in [3.8, 4) is 0 Å². The molecular formula is C28H43N5O3. The molecule has 1 atom stereocenters. The zero-order chi connectivity index (χ0) is 24.8. The summed E-state index contributed by atoms with van der Waals surface area (Å²) in [5.41, 5.74) is 2.10. The van der Waals surface area contributed by atoms with Crippen molar-refractivity contribution in [2.24, 2.45) is 0 Å². The van der Waals surface area contributed by atoms with Crippen LogP contribution in [0.3, 0.4) is 0 Å². The van der Waals surface area contributed by atoms with Gasteiger partial charge in [-0.25, -0.2) is 0 Å². The molecule has 3 aliphatic heterocycles. The van der Waals surface area contributed by atoms with Crippen LogP contribution in [0.1, 0.15) is 68.1 Å². The van der Waals surface area contributed by atoms with Gasteiger partial charge in [0.15, 0.2) is 0 Å². The predicted molar refractivity (Wildman–Crippen MR) is 141 cm³/mol. The van der Waals surface area contributed by atoms with Crippen LogP contribution in [-0.2, 0) is 9.53 Å². The molecule has 2 amide bonds. The van der Waals surface area contributed by atoms with Crippen LogP contribution < -0.4 is 20.9 Å². The monoisotopic (exact) mass is 497 g/mol. The number of morpholine rings is 1. The lowest BCUT2D eigenvalue weighted by Gasteiger charge is -2.45. The highest BCUT2D eigenvalue weighted by Gasteiger charge is 2.40. The summed E-state index contributed by atoms with van der Waals surface area (Å²) in [5, 5.41) is 9.74. The minimum absolute atomic E-state index is 0.0715. The first-order chi connectivity index (χ1) is 17.6. The van der Waals surface area contributed by atoms with E-state index in [0.29, 0.717) is 30.1 Å². The maximum Gasteiger partial charge on any atom is 0.251 e. The third kappa shape index (κ3) is 6.03. The van der Waals surface area contributed by atoms with E-state index in [2.05, 4.69) is 25.8 Å². The molecule has 4 aliphatic rings. The lowest BCUT2D eigenvalue weighted by molar-refractivity contribution is -0.122. The number of piperidine rings is 1. The third-order valence-electron chi connectivity index (χ3n) is 8.77. The third-order valence-corrected chi connectivity index (χ3v) is 8.77. The van der Waals surface area contributed by atoms with E-state index in [1.807, 2.05) is 24.3 Å². The van der Waals surface area contributed by atoms with Gasteiger partial charge in [0, 0.05) is 62.1 Å². The second kappa shape index (κ2) is 11.9. The summed E-state index contributed by atoms with van der Waals surface area (Å²) in [4.78, 5) is 30.0. The van der Waals surface area contributed by atoms with E-state index in [1.165, 1.54) is 25.7 Å². The molecule has 0 radical (unpaired) electrons. The average molecular weight is 498 g/mol. The Morgan fingerprint density at radius 2 is 1.69 bits per heavy atom. The zero-order valence-corrected chi connectivity index (χ0v) is 21.6. The number of amides is 2. The van der Waals surface area contributed by atoms with Gasteiger partial charge in [-0.05, 0) is 69.2 Å². The standard InChI is InChI=1S/C28H43N5O3/c34-26(31-25-5-1-4-14-29-27(25)35)22-6-8-24(9-7-22)32-15-10-23(11-16-32)30-21-28(12-2-3-13-28)33-17-19-36-20-18-33/h6-9,23,25,30H,1-5,10-21H2,(H,29,35)(H,31,34)/t25-/m0/s1. The fraction of sp³-hybridized carbons (Fsp3) is 0.714. The highest BCUT2D eigenvalue weighted by Crippen LogP contribution is 2.35. The quantitative estimate of drug-likeness (QED) is 0.536. The van der Waals surface area contributed by atoms with Gasteiger partial charge in [-0.1, -0.05) is 12.8 Å². The van der Waals surface area contributed by atoms with E-state index in [-0.39, 0.29) is 11.8 Å². The van der Waals surface area contributed by atoms with Gasteiger partial charge in [-0.2, -0.15) is 0 Å². The molecule has 1 aromatic rings. The highest BCUT2D eigenvalue weighted by molar-refractivity contribution is 5.97. The minimum atomic E-state index is -0.433. The molecule has 0 unspecified atom stereocenters. The number of anilines is 1. The molecule has 36 heavy (non-hydrogen) atoms. The number of hydrogen-bond acceptors (Lipinski definition) is 6. The van der Waals surface area contributed by atoms with Gasteiger partial charge in [0.2, 0.25) is 5.91 Å².